The van der Waals surface area contributed by atoms with Gasteiger partial charge in [0, 0.05) is 30.8 Å². The number of hydrogen-bond donors (Lipinski definition) is 0. The fraction of sp³-hybridized carbons (Fsp3) is 0.600. The molecule has 0 bridgehead atoms. The van der Waals surface area contributed by atoms with E-state index in [9.17, 15) is 13.2 Å². The normalized spacial score (nSPS) is 16.7. The summed E-state index contributed by atoms with van der Waals surface area (Å²) in [5.74, 6) is -0.0648. The van der Waals surface area contributed by atoms with Gasteiger partial charge >= 0.3 is 0 Å². The van der Waals surface area contributed by atoms with Crippen LogP contribution in [0.3, 0.4) is 0 Å². The second kappa shape index (κ2) is 5.59. The number of rotatable bonds is 5. The summed E-state index contributed by atoms with van der Waals surface area (Å²) in [6, 6.07) is 1.74. The maximum atomic E-state index is 13.0. The van der Waals surface area contributed by atoms with Crippen molar-refractivity contribution >= 4 is 37.3 Å². The molecule has 23 heavy (non-hydrogen) atoms. The Hall–Kier alpha value is -1.41. The number of thiophene rings is 1. The average molecular weight is 355 g/mol. The van der Waals surface area contributed by atoms with Crippen LogP contribution in [0.25, 0.3) is 10.2 Å². The molecule has 0 N–H and O–H groups in total. The van der Waals surface area contributed by atoms with Gasteiger partial charge in [0.1, 0.15) is 14.7 Å². The average Bonchev–Trinajstić information content (AvgIpc) is 3.06. The largest absolute Gasteiger partial charge is 0.331 e. The molecule has 1 saturated carbocycles. The highest BCUT2D eigenvalue weighted by Crippen LogP contribution is 2.34. The third kappa shape index (κ3) is 3.28. The van der Waals surface area contributed by atoms with Crippen molar-refractivity contribution in [2.75, 3.05) is 12.0 Å². The molecular weight excluding hydrogens is 334 g/mol. The molecule has 1 atom stereocenters. The molecule has 1 amide bonds. The first-order chi connectivity index (χ1) is 10.7. The van der Waals surface area contributed by atoms with Crippen molar-refractivity contribution in [3.8, 4) is 0 Å². The molecule has 1 fully saturated rings. The molecule has 1 unspecified atom stereocenters. The Bertz CT molecular complexity index is 828. The molecule has 2 aromatic heterocycles. The molecule has 0 saturated heterocycles. The molecule has 126 valence electrons. The smallest absolute Gasteiger partial charge is 0.264 e. The van der Waals surface area contributed by atoms with Crippen LogP contribution in [0.5, 0.6) is 0 Å². The molecule has 1 aliphatic carbocycles. The zero-order valence-corrected chi connectivity index (χ0v) is 15.4. The van der Waals surface area contributed by atoms with E-state index < -0.39 is 9.84 Å². The van der Waals surface area contributed by atoms with Crippen LogP contribution in [-0.2, 0) is 16.9 Å². The SMILES string of the molecule is Cc1nn(C)c2sc(C(=O)N(C(C)CS(C)(=O)=O)C3CC3)cc12. The zero-order chi connectivity index (χ0) is 16.9. The van der Waals surface area contributed by atoms with Gasteiger partial charge in [-0.05, 0) is 32.8 Å². The predicted octanol–water partition coefficient (Wildman–Crippen LogP) is 1.98. The van der Waals surface area contributed by atoms with Crippen molar-refractivity contribution in [3.63, 3.8) is 0 Å². The van der Waals surface area contributed by atoms with Gasteiger partial charge in [0.2, 0.25) is 0 Å². The van der Waals surface area contributed by atoms with Crippen LogP contribution in [-0.4, -0.2) is 53.1 Å². The van der Waals surface area contributed by atoms with E-state index in [-0.39, 0.29) is 23.7 Å². The predicted molar refractivity (Wildman–Crippen MR) is 91.7 cm³/mol. The summed E-state index contributed by atoms with van der Waals surface area (Å²) in [5, 5.41) is 5.34. The third-order valence-electron chi connectivity index (χ3n) is 4.10. The molecule has 6 nitrogen and oxygen atoms in total. The molecule has 2 aromatic rings. The number of carbonyl (C=O) groups excluding carboxylic acids is 1. The fourth-order valence-corrected chi connectivity index (χ4v) is 5.14. The molecule has 3 rings (SSSR count). The van der Waals surface area contributed by atoms with E-state index in [2.05, 4.69) is 5.10 Å². The summed E-state index contributed by atoms with van der Waals surface area (Å²) >= 11 is 1.42. The van der Waals surface area contributed by atoms with E-state index in [1.54, 1.807) is 9.58 Å². The Labute approximate surface area is 140 Å². The molecule has 0 spiro atoms. The minimum atomic E-state index is -3.12. The van der Waals surface area contributed by atoms with Crippen LogP contribution in [0.4, 0.5) is 0 Å². The highest BCUT2D eigenvalue weighted by molar-refractivity contribution is 7.90. The van der Waals surface area contributed by atoms with Gasteiger partial charge < -0.3 is 4.90 Å². The maximum absolute atomic E-state index is 13.0. The number of aryl methyl sites for hydroxylation is 2. The minimum absolute atomic E-state index is 0.000713. The number of aromatic nitrogens is 2. The number of sulfone groups is 1. The molecule has 0 aliphatic heterocycles. The molecule has 8 heteroatoms. The lowest BCUT2D eigenvalue weighted by Crippen LogP contribution is -2.43. The molecular formula is C15H21N3O3S2. The van der Waals surface area contributed by atoms with Crippen molar-refractivity contribution < 1.29 is 13.2 Å². The fourth-order valence-electron chi connectivity index (χ4n) is 3.03. The number of hydrogen-bond acceptors (Lipinski definition) is 5. The van der Waals surface area contributed by atoms with Gasteiger partial charge in [-0.1, -0.05) is 0 Å². The first-order valence-corrected chi connectivity index (χ1v) is 10.5. The van der Waals surface area contributed by atoms with Gasteiger partial charge in [0.05, 0.1) is 16.3 Å². The van der Waals surface area contributed by atoms with Crippen LogP contribution >= 0.6 is 11.3 Å². The van der Waals surface area contributed by atoms with E-state index in [0.29, 0.717) is 4.88 Å². The summed E-state index contributed by atoms with van der Waals surface area (Å²) < 4.78 is 25.0. The quantitative estimate of drug-likeness (QED) is 0.822. The summed E-state index contributed by atoms with van der Waals surface area (Å²) in [6.07, 6.45) is 3.12. The molecule has 0 aromatic carbocycles. The van der Waals surface area contributed by atoms with Gasteiger partial charge in [0.25, 0.3) is 5.91 Å². The summed E-state index contributed by atoms with van der Waals surface area (Å²) in [4.78, 5) is 16.3. The summed E-state index contributed by atoms with van der Waals surface area (Å²) in [5.41, 5.74) is 0.903. The van der Waals surface area contributed by atoms with Gasteiger partial charge in [-0.2, -0.15) is 5.10 Å². The molecule has 2 heterocycles. The van der Waals surface area contributed by atoms with Crippen LogP contribution in [0.2, 0.25) is 0 Å². The van der Waals surface area contributed by atoms with Crippen LogP contribution in [0.15, 0.2) is 6.07 Å². The van der Waals surface area contributed by atoms with Crippen molar-refractivity contribution in [1.82, 2.24) is 14.7 Å². The van der Waals surface area contributed by atoms with Crippen molar-refractivity contribution in [2.45, 2.75) is 38.8 Å². The summed E-state index contributed by atoms with van der Waals surface area (Å²) in [6.45, 7) is 3.74. The molecule has 0 radical (unpaired) electrons. The van der Waals surface area contributed by atoms with E-state index in [1.165, 1.54) is 17.6 Å². The van der Waals surface area contributed by atoms with Crippen molar-refractivity contribution in [3.05, 3.63) is 16.6 Å². The Morgan fingerprint density at radius 1 is 1.52 bits per heavy atom. The second-order valence-corrected chi connectivity index (χ2v) is 9.64. The van der Waals surface area contributed by atoms with E-state index >= 15 is 0 Å². The monoisotopic (exact) mass is 355 g/mol. The van der Waals surface area contributed by atoms with E-state index in [0.717, 1.165) is 28.8 Å². The molecule has 1 aliphatic rings. The third-order valence-corrected chi connectivity index (χ3v) is 6.38. The van der Waals surface area contributed by atoms with Gasteiger partial charge in [-0.25, -0.2) is 8.42 Å². The van der Waals surface area contributed by atoms with Gasteiger partial charge in [-0.15, -0.1) is 11.3 Å². The number of carbonyl (C=O) groups is 1. The van der Waals surface area contributed by atoms with E-state index in [1.807, 2.05) is 27.0 Å². The van der Waals surface area contributed by atoms with Crippen molar-refractivity contribution in [1.29, 1.82) is 0 Å². The van der Waals surface area contributed by atoms with Crippen LogP contribution in [0, 0.1) is 6.92 Å². The first-order valence-electron chi connectivity index (χ1n) is 7.61. The lowest BCUT2D eigenvalue weighted by atomic mass is 10.2. The Kier molecular flexibility index (Phi) is 4.00. The Balaban J connectivity index is 1.92. The Morgan fingerprint density at radius 2 is 2.17 bits per heavy atom. The maximum Gasteiger partial charge on any atom is 0.264 e. The lowest BCUT2D eigenvalue weighted by Gasteiger charge is -2.28. The van der Waals surface area contributed by atoms with Gasteiger partial charge in [0.15, 0.2) is 0 Å². The highest BCUT2D eigenvalue weighted by atomic mass is 32.2. The lowest BCUT2D eigenvalue weighted by molar-refractivity contribution is 0.0698. The topological polar surface area (TPSA) is 72.3 Å². The van der Waals surface area contributed by atoms with Crippen LogP contribution < -0.4 is 0 Å². The number of nitrogens with zero attached hydrogens (tertiary/aromatic N) is 3. The standard InChI is InChI=1S/C15H21N3O3S2/c1-9(8-23(4,20)21)18(11-5-6-11)14(19)13-7-12-10(2)16-17(3)15(12)22-13/h7,9,11H,5-6,8H2,1-4H3. The van der Waals surface area contributed by atoms with Crippen LogP contribution in [0.1, 0.15) is 35.1 Å². The highest BCUT2D eigenvalue weighted by Gasteiger charge is 2.37. The zero-order valence-electron chi connectivity index (χ0n) is 13.7. The number of amides is 1. The van der Waals surface area contributed by atoms with E-state index in [4.69, 9.17) is 0 Å². The first kappa shape index (κ1) is 16.4. The number of fused-ring (bicyclic) bond motifs is 1. The van der Waals surface area contributed by atoms with Gasteiger partial charge in [-0.3, -0.25) is 9.48 Å². The van der Waals surface area contributed by atoms with Crippen molar-refractivity contribution in [2.24, 2.45) is 7.05 Å². The summed E-state index contributed by atoms with van der Waals surface area (Å²) in [7, 11) is -1.26. The minimum Gasteiger partial charge on any atom is -0.331 e. The Morgan fingerprint density at radius 3 is 2.70 bits per heavy atom. The second-order valence-electron chi connectivity index (χ2n) is 6.42.